The Hall–Kier alpha value is -3.61. The van der Waals surface area contributed by atoms with Crippen molar-refractivity contribution in [1.29, 1.82) is 0 Å². The number of H-pyrrole nitrogens is 1. The zero-order valence-electron chi connectivity index (χ0n) is 14.8. The molecule has 1 aliphatic rings. The van der Waals surface area contributed by atoms with Crippen LogP contribution >= 0.6 is 0 Å². The number of ether oxygens (including phenoxy) is 1. The maximum Gasteiger partial charge on any atom is 0.262 e. The average Bonchev–Trinajstić information content (AvgIpc) is 2.65. The first kappa shape index (κ1) is 16.8. The molecule has 0 bridgehead atoms. The van der Waals surface area contributed by atoms with Gasteiger partial charge in [0.25, 0.3) is 11.5 Å². The van der Waals surface area contributed by atoms with Gasteiger partial charge in [-0.25, -0.2) is 4.98 Å². The summed E-state index contributed by atoms with van der Waals surface area (Å²) in [6.45, 7) is 6.41. The molecule has 0 atom stereocenters. The number of aromatic nitrogens is 2. The molecule has 0 radical (unpaired) electrons. The molecule has 3 N–H and O–H groups in total. The molecule has 7 heteroatoms. The van der Waals surface area contributed by atoms with Gasteiger partial charge in [0.15, 0.2) is 12.4 Å². The van der Waals surface area contributed by atoms with E-state index in [-0.39, 0.29) is 18.1 Å². The maximum atomic E-state index is 12.3. The Bertz CT molecular complexity index is 1130. The number of hydrogen-bond acceptors (Lipinski definition) is 5. The Labute approximate surface area is 155 Å². The van der Waals surface area contributed by atoms with Gasteiger partial charge in [0, 0.05) is 6.54 Å². The van der Waals surface area contributed by atoms with Crippen LogP contribution in [-0.2, 0) is 11.3 Å². The Morgan fingerprint density at radius 3 is 2.96 bits per heavy atom. The normalized spacial score (nSPS) is 12.9. The lowest BCUT2D eigenvalue weighted by molar-refractivity contribution is -0.118. The number of carbonyl (C=O) groups is 1. The molecule has 4 rings (SSSR count). The number of hydrogen-bond donors (Lipinski definition) is 3. The second-order valence-corrected chi connectivity index (χ2v) is 6.43. The molecule has 0 saturated carbocycles. The molecule has 1 aromatic heterocycles. The number of anilines is 1. The average molecular weight is 362 g/mol. The Morgan fingerprint density at radius 1 is 1.26 bits per heavy atom. The number of aryl methyl sites for hydroxylation is 1. The van der Waals surface area contributed by atoms with Crippen molar-refractivity contribution in [2.75, 3.05) is 11.9 Å². The van der Waals surface area contributed by atoms with Gasteiger partial charge in [-0.3, -0.25) is 9.59 Å². The van der Waals surface area contributed by atoms with Crippen molar-refractivity contribution in [3.63, 3.8) is 0 Å². The quantitative estimate of drug-likeness (QED) is 0.662. The first-order chi connectivity index (χ1) is 13.0. The molecular formula is C20H18N4O3. The maximum absolute atomic E-state index is 12.3. The molecule has 27 heavy (non-hydrogen) atoms. The lowest BCUT2D eigenvalue weighted by atomic mass is 10.1. The van der Waals surface area contributed by atoms with Crippen molar-refractivity contribution in [2.45, 2.75) is 13.5 Å². The minimum absolute atomic E-state index is 0.0296. The van der Waals surface area contributed by atoms with Gasteiger partial charge in [0.1, 0.15) is 5.75 Å². The molecule has 3 aromatic rings. The van der Waals surface area contributed by atoms with Gasteiger partial charge >= 0.3 is 0 Å². The topological polar surface area (TPSA) is 96.1 Å². The van der Waals surface area contributed by atoms with Crippen LogP contribution in [0.1, 0.15) is 17.0 Å². The zero-order chi connectivity index (χ0) is 19.0. The number of benzene rings is 2. The van der Waals surface area contributed by atoms with Crippen LogP contribution in [0.5, 0.6) is 5.75 Å². The summed E-state index contributed by atoms with van der Waals surface area (Å²) in [6.07, 6.45) is 0. The van der Waals surface area contributed by atoms with E-state index >= 15 is 0 Å². The number of aromatic amines is 1. The summed E-state index contributed by atoms with van der Waals surface area (Å²) in [4.78, 5) is 31.0. The summed E-state index contributed by atoms with van der Waals surface area (Å²) in [5, 5.41) is 6.48. The minimum atomic E-state index is -0.202. The van der Waals surface area contributed by atoms with Crippen LogP contribution in [0.3, 0.4) is 0 Å². The van der Waals surface area contributed by atoms with Crippen LogP contribution in [0.25, 0.3) is 16.6 Å². The Balaban J connectivity index is 1.53. The van der Waals surface area contributed by atoms with Crippen LogP contribution in [0, 0.1) is 6.92 Å². The van der Waals surface area contributed by atoms with Crippen LogP contribution in [-0.4, -0.2) is 22.5 Å². The molecule has 1 amide bonds. The minimum Gasteiger partial charge on any atom is -0.482 e. The zero-order valence-corrected chi connectivity index (χ0v) is 14.8. The highest BCUT2D eigenvalue weighted by Crippen LogP contribution is 2.28. The summed E-state index contributed by atoms with van der Waals surface area (Å²) in [5.41, 5.74) is 3.54. The molecule has 0 aliphatic carbocycles. The molecule has 0 spiro atoms. The second-order valence-electron chi connectivity index (χ2n) is 6.43. The molecule has 136 valence electrons. The third-order valence-corrected chi connectivity index (χ3v) is 4.33. The summed E-state index contributed by atoms with van der Waals surface area (Å²) in [5.74, 6) is 0.867. The molecule has 7 nitrogen and oxygen atoms in total. The van der Waals surface area contributed by atoms with Crippen molar-refractivity contribution in [2.24, 2.45) is 0 Å². The SMILES string of the molecule is C=C(NCc1ccc2c(c1)NC(=O)CO2)c1nc2cc(C)ccc2c(=O)[nH]1. The highest BCUT2D eigenvalue weighted by atomic mass is 16.5. The monoisotopic (exact) mass is 362 g/mol. The van der Waals surface area contributed by atoms with E-state index in [0.29, 0.717) is 40.4 Å². The van der Waals surface area contributed by atoms with Gasteiger partial charge in [-0.15, -0.1) is 0 Å². The third kappa shape index (κ3) is 3.39. The largest absolute Gasteiger partial charge is 0.482 e. The predicted molar refractivity (Wildman–Crippen MR) is 104 cm³/mol. The molecule has 1 aliphatic heterocycles. The third-order valence-electron chi connectivity index (χ3n) is 4.33. The molecule has 2 aromatic carbocycles. The van der Waals surface area contributed by atoms with Crippen LogP contribution in [0.4, 0.5) is 5.69 Å². The van der Waals surface area contributed by atoms with Gasteiger partial charge in [0.05, 0.1) is 22.3 Å². The van der Waals surface area contributed by atoms with Crippen LogP contribution in [0.2, 0.25) is 0 Å². The lowest BCUT2D eigenvalue weighted by Gasteiger charge is -2.19. The summed E-state index contributed by atoms with van der Waals surface area (Å²) in [7, 11) is 0. The fraction of sp³-hybridized carbons (Fsp3) is 0.150. The fourth-order valence-electron chi connectivity index (χ4n) is 2.93. The number of carbonyl (C=O) groups excluding carboxylic acids is 1. The van der Waals surface area contributed by atoms with E-state index in [4.69, 9.17) is 4.74 Å². The van der Waals surface area contributed by atoms with E-state index in [1.807, 2.05) is 37.3 Å². The fourth-order valence-corrected chi connectivity index (χ4v) is 2.93. The predicted octanol–water partition coefficient (Wildman–Crippen LogP) is 2.32. The van der Waals surface area contributed by atoms with E-state index in [1.165, 1.54) is 0 Å². The summed E-state index contributed by atoms with van der Waals surface area (Å²) < 4.78 is 5.35. The van der Waals surface area contributed by atoms with Crippen molar-refractivity contribution < 1.29 is 9.53 Å². The number of nitrogens with one attached hydrogen (secondary N) is 3. The van der Waals surface area contributed by atoms with Crippen LogP contribution < -0.4 is 20.9 Å². The molecule has 0 fully saturated rings. The van der Waals surface area contributed by atoms with Crippen molar-refractivity contribution >= 4 is 28.2 Å². The van der Waals surface area contributed by atoms with Crippen molar-refractivity contribution in [3.05, 3.63) is 70.3 Å². The van der Waals surface area contributed by atoms with E-state index in [0.717, 1.165) is 11.1 Å². The second kappa shape index (κ2) is 6.60. The Morgan fingerprint density at radius 2 is 2.11 bits per heavy atom. The standard InChI is InChI=1S/C20H18N4O3/c1-11-3-5-14-15(7-11)23-19(24-20(14)26)12(2)21-9-13-4-6-17-16(8-13)22-18(25)10-27-17/h3-8,21H,2,9-10H2,1H3,(H,22,25)(H,23,24,26). The van der Waals surface area contributed by atoms with Gasteiger partial charge in [0.2, 0.25) is 0 Å². The number of rotatable bonds is 4. The highest BCUT2D eigenvalue weighted by Gasteiger charge is 2.16. The summed E-state index contributed by atoms with van der Waals surface area (Å²) >= 11 is 0. The molecule has 0 unspecified atom stereocenters. The van der Waals surface area contributed by atoms with Gasteiger partial charge in [-0.1, -0.05) is 18.7 Å². The molecule has 0 saturated heterocycles. The van der Waals surface area contributed by atoms with E-state index < -0.39 is 0 Å². The van der Waals surface area contributed by atoms with Crippen molar-refractivity contribution in [1.82, 2.24) is 15.3 Å². The summed E-state index contributed by atoms with van der Waals surface area (Å²) in [6, 6.07) is 11.1. The smallest absolute Gasteiger partial charge is 0.262 e. The number of fused-ring (bicyclic) bond motifs is 2. The highest BCUT2D eigenvalue weighted by molar-refractivity contribution is 5.95. The first-order valence-corrected chi connectivity index (χ1v) is 8.49. The molecular weight excluding hydrogens is 344 g/mol. The van der Waals surface area contributed by atoms with Crippen molar-refractivity contribution in [3.8, 4) is 5.75 Å². The van der Waals surface area contributed by atoms with Gasteiger partial charge in [-0.2, -0.15) is 0 Å². The van der Waals surface area contributed by atoms with Gasteiger partial charge in [-0.05, 0) is 42.3 Å². The van der Waals surface area contributed by atoms with Crippen LogP contribution in [0.15, 0.2) is 47.8 Å². The van der Waals surface area contributed by atoms with Gasteiger partial charge < -0.3 is 20.4 Å². The van der Waals surface area contributed by atoms with E-state index in [1.54, 1.807) is 6.07 Å². The number of amides is 1. The first-order valence-electron chi connectivity index (χ1n) is 8.49. The number of nitrogens with zero attached hydrogens (tertiary/aromatic N) is 1. The molecule has 2 heterocycles. The Kier molecular flexibility index (Phi) is 4.12. The lowest BCUT2D eigenvalue weighted by Crippen LogP contribution is -2.25. The van der Waals surface area contributed by atoms with E-state index in [2.05, 4.69) is 27.2 Å². The van der Waals surface area contributed by atoms with E-state index in [9.17, 15) is 9.59 Å².